The Kier molecular flexibility index (Phi) is 5.72. The smallest absolute Gasteiger partial charge is 0.336 e. The van der Waals surface area contributed by atoms with Gasteiger partial charge in [-0.1, -0.05) is 0 Å². The molecule has 2 N–H and O–H groups in total. The van der Waals surface area contributed by atoms with Gasteiger partial charge < -0.3 is 20.1 Å². The maximum Gasteiger partial charge on any atom is 0.336 e. The Morgan fingerprint density at radius 3 is 2.52 bits per heavy atom. The number of nitrogens with one attached hydrogen (secondary N) is 1. The first kappa shape index (κ1) is 17.0. The maximum atomic E-state index is 12.1. The van der Waals surface area contributed by atoms with Crippen molar-refractivity contribution in [2.75, 3.05) is 26.1 Å². The van der Waals surface area contributed by atoms with E-state index in [4.69, 9.17) is 4.74 Å². The Bertz CT molecular complexity index is 543. The summed E-state index contributed by atoms with van der Waals surface area (Å²) in [4.78, 5) is 24.8. The van der Waals surface area contributed by atoms with Crippen LogP contribution in [0.2, 0.25) is 0 Å². The number of carboxylic acids is 1. The van der Waals surface area contributed by atoms with E-state index in [1.165, 1.54) is 11.0 Å². The number of aryl methyl sites for hydroxylation is 1. The van der Waals surface area contributed by atoms with Gasteiger partial charge in [-0.2, -0.15) is 0 Å². The molecular formula is C15H22N2O4. The van der Waals surface area contributed by atoms with Gasteiger partial charge in [0.2, 0.25) is 0 Å². The summed E-state index contributed by atoms with van der Waals surface area (Å²) in [5.74, 6) is -1.01. The molecule has 0 spiro atoms. The van der Waals surface area contributed by atoms with Gasteiger partial charge in [-0.25, -0.2) is 9.59 Å². The van der Waals surface area contributed by atoms with Crippen molar-refractivity contribution in [3.63, 3.8) is 0 Å². The number of carboxylic acid groups (broad SMARTS) is 1. The number of anilines is 1. The normalized spacial score (nSPS) is 11.9. The monoisotopic (exact) mass is 294 g/mol. The molecule has 6 nitrogen and oxygen atoms in total. The Morgan fingerprint density at radius 1 is 1.38 bits per heavy atom. The van der Waals surface area contributed by atoms with E-state index < -0.39 is 5.97 Å². The first-order chi connectivity index (χ1) is 9.77. The molecule has 116 valence electrons. The number of likely N-dealkylation sites (N-methyl/N-ethyl adjacent to an activating group) is 1. The Labute approximate surface area is 124 Å². The van der Waals surface area contributed by atoms with Crippen LogP contribution in [0.3, 0.4) is 0 Å². The molecule has 0 aliphatic carbocycles. The Hall–Kier alpha value is -2.08. The summed E-state index contributed by atoms with van der Waals surface area (Å²) in [5.41, 5.74) is 2.18. The Morgan fingerprint density at radius 2 is 2.00 bits per heavy atom. The summed E-state index contributed by atoms with van der Waals surface area (Å²) in [6, 6.07) is 2.84. The quantitative estimate of drug-likeness (QED) is 0.874. The average molecular weight is 294 g/mol. The van der Waals surface area contributed by atoms with Crippen LogP contribution < -0.4 is 5.32 Å². The zero-order chi connectivity index (χ0) is 16.2. The number of hydrogen-bond acceptors (Lipinski definition) is 3. The number of aromatic carboxylic acids is 1. The predicted molar refractivity (Wildman–Crippen MR) is 81.0 cm³/mol. The number of rotatable bonds is 5. The van der Waals surface area contributed by atoms with Crippen molar-refractivity contribution in [3.05, 3.63) is 28.8 Å². The van der Waals surface area contributed by atoms with Crippen LogP contribution >= 0.6 is 0 Å². The van der Waals surface area contributed by atoms with E-state index in [0.29, 0.717) is 17.9 Å². The van der Waals surface area contributed by atoms with Crippen molar-refractivity contribution in [2.45, 2.75) is 26.8 Å². The lowest BCUT2D eigenvalue weighted by atomic mass is 10.0. The van der Waals surface area contributed by atoms with E-state index in [2.05, 4.69) is 5.32 Å². The third kappa shape index (κ3) is 4.19. The molecule has 0 saturated heterocycles. The summed E-state index contributed by atoms with van der Waals surface area (Å²) in [6.07, 6.45) is 0. The molecule has 21 heavy (non-hydrogen) atoms. The van der Waals surface area contributed by atoms with Crippen LogP contribution in [-0.4, -0.2) is 48.8 Å². The summed E-state index contributed by atoms with van der Waals surface area (Å²) in [5, 5.41) is 11.9. The van der Waals surface area contributed by atoms with E-state index in [1.807, 2.05) is 13.8 Å². The van der Waals surface area contributed by atoms with Crippen LogP contribution in [-0.2, 0) is 4.74 Å². The number of urea groups is 1. The van der Waals surface area contributed by atoms with Crippen LogP contribution in [0.1, 0.15) is 28.4 Å². The van der Waals surface area contributed by atoms with Crippen LogP contribution in [0.5, 0.6) is 0 Å². The van der Waals surface area contributed by atoms with Gasteiger partial charge in [0.25, 0.3) is 0 Å². The second-order valence-corrected chi connectivity index (χ2v) is 5.12. The van der Waals surface area contributed by atoms with Crippen LogP contribution in [0.4, 0.5) is 10.5 Å². The highest BCUT2D eigenvalue weighted by atomic mass is 16.5. The van der Waals surface area contributed by atoms with Crippen molar-refractivity contribution in [3.8, 4) is 0 Å². The summed E-state index contributed by atoms with van der Waals surface area (Å²) in [6.45, 7) is 5.86. The van der Waals surface area contributed by atoms with Gasteiger partial charge in [0.1, 0.15) is 0 Å². The zero-order valence-electron chi connectivity index (χ0n) is 13.1. The molecule has 0 saturated carbocycles. The molecule has 2 amide bonds. The van der Waals surface area contributed by atoms with Gasteiger partial charge in [-0.05, 0) is 44.0 Å². The molecule has 0 aliphatic rings. The molecule has 0 bridgehead atoms. The van der Waals surface area contributed by atoms with E-state index in [-0.39, 0.29) is 17.6 Å². The first-order valence-corrected chi connectivity index (χ1v) is 6.65. The maximum absolute atomic E-state index is 12.1. The minimum atomic E-state index is -1.01. The second kappa shape index (κ2) is 7.08. The fourth-order valence-corrected chi connectivity index (χ4v) is 1.92. The van der Waals surface area contributed by atoms with E-state index in [1.54, 1.807) is 27.1 Å². The van der Waals surface area contributed by atoms with E-state index in [0.717, 1.165) is 5.56 Å². The number of benzene rings is 1. The lowest BCUT2D eigenvalue weighted by molar-refractivity contribution is 0.0696. The van der Waals surface area contributed by atoms with Gasteiger partial charge in [0.15, 0.2) is 0 Å². The minimum absolute atomic E-state index is 0.0829. The molecule has 1 unspecified atom stereocenters. The molecular weight excluding hydrogens is 272 g/mol. The van der Waals surface area contributed by atoms with Gasteiger partial charge >= 0.3 is 12.0 Å². The minimum Gasteiger partial charge on any atom is -0.478 e. The standard InChI is InChI=1S/C15H22N2O4/c1-9-6-12(7-13(11(9)3)14(18)19)16-15(20)17(4)10(2)8-21-5/h6-7,10H,8H2,1-5H3,(H,16,20)(H,18,19). The first-order valence-electron chi connectivity index (χ1n) is 6.65. The summed E-state index contributed by atoms with van der Waals surface area (Å²) < 4.78 is 5.01. The van der Waals surface area contributed by atoms with E-state index >= 15 is 0 Å². The largest absolute Gasteiger partial charge is 0.478 e. The average Bonchev–Trinajstić information content (AvgIpc) is 2.41. The third-order valence-corrected chi connectivity index (χ3v) is 3.54. The van der Waals surface area contributed by atoms with Crippen LogP contribution in [0, 0.1) is 13.8 Å². The fourth-order valence-electron chi connectivity index (χ4n) is 1.92. The highest BCUT2D eigenvalue weighted by Crippen LogP contribution is 2.20. The predicted octanol–water partition coefficient (Wildman–Crippen LogP) is 2.50. The summed E-state index contributed by atoms with van der Waals surface area (Å²) in [7, 11) is 3.24. The van der Waals surface area contributed by atoms with Crippen LogP contribution in [0.25, 0.3) is 0 Å². The molecule has 6 heteroatoms. The number of amides is 2. The van der Waals surface area contributed by atoms with E-state index in [9.17, 15) is 14.7 Å². The number of ether oxygens (including phenoxy) is 1. The molecule has 1 atom stereocenters. The number of carbonyl (C=O) groups excluding carboxylic acids is 1. The molecule has 0 radical (unpaired) electrons. The second-order valence-electron chi connectivity index (χ2n) is 5.12. The highest BCUT2D eigenvalue weighted by molar-refractivity contribution is 5.94. The van der Waals surface area contributed by atoms with Crippen molar-refractivity contribution >= 4 is 17.7 Å². The van der Waals surface area contributed by atoms with Crippen molar-refractivity contribution in [1.29, 1.82) is 0 Å². The lowest BCUT2D eigenvalue weighted by Crippen LogP contribution is -2.40. The lowest BCUT2D eigenvalue weighted by Gasteiger charge is -2.24. The number of hydrogen-bond donors (Lipinski definition) is 2. The van der Waals surface area contributed by atoms with Crippen LogP contribution in [0.15, 0.2) is 12.1 Å². The molecule has 0 heterocycles. The molecule has 0 aromatic heterocycles. The molecule has 0 aliphatic heterocycles. The number of methoxy groups -OCH3 is 1. The Balaban J connectivity index is 2.93. The highest BCUT2D eigenvalue weighted by Gasteiger charge is 2.17. The third-order valence-electron chi connectivity index (χ3n) is 3.54. The van der Waals surface area contributed by atoms with Crippen molar-refractivity contribution in [1.82, 2.24) is 4.90 Å². The van der Waals surface area contributed by atoms with Gasteiger partial charge in [-0.3, -0.25) is 0 Å². The SMILES string of the molecule is COCC(C)N(C)C(=O)Nc1cc(C)c(C)c(C(=O)O)c1. The van der Waals surface area contributed by atoms with Gasteiger partial charge in [0, 0.05) is 19.8 Å². The van der Waals surface area contributed by atoms with Crippen molar-refractivity contribution in [2.24, 2.45) is 0 Å². The van der Waals surface area contributed by atoms with Crippen molar-refractivity contribution < 1.29 is 19.4 Å². The molecule has 1 aromatic rings. The molecule has 0 fully saturated rings. The fraction of sp³-hybridized carbons (Fsp3) is 0.467. The van der Waals surface area contributed by atoms with Gasteiger partial charge in [-0.15, -0.1) is 0 Å². The number of nitrogens with zero attached hydrogens (tertiary/aromatic N) is 1. The van der Waals surface area contributed by atoms with Gasteiger partial charge in [0.05, 0.1) is 18.2 Å². The summed E-state index contributed by atoms with van der Waals surface area (Å²) >= 11 is 0. The topological polar surface area (TPSA) is 78.9 Å². The zero-order valence-corrected chi connectivity index (χ0v) is 13.1. The molecule has 1 rings (SSSR count). The number of carbonyl (C=O) groups is 2. The molecule has 1 aromatic carbocycles.